The zero-order valence-corrected chi connectivity index (χ0v) is 26.4. The zero-order valence-electron chi connectivity index (χ0n) is 25.6. The molecule has 4 heterocycles. The van der Waals surface area contributed by atoms with Crippen LogP contribution in [0.3, 0.4) is 0 Å². The number of fused-ring (bicyclic) bond motifs is 10. The topological polar surface area (TPSA) is 56.5 Å². The Bertz CT molecular complexity index is 2780. The molecule has 0 spiro atoms. The summed E-state index contributed by atoms with van der Waals surface area (Å²) >= 11 is 1.86. The molecule has 0 radical (unpaired) electrons. The normalized spacial score (nSPS) is 11.8. The molecule has 10 aromatic rings. The van der Waals surface area contributed by atoms with Gasteiger partial charge in [0.15, 0.2) is 17.5 Å². The molecule has 4 aromatic heterocycles. The minimum atomic E-state index is 0.626. The smallest absolute Gasteiger partial charge is 0.164 e. The Morgan fingerprint density at radius 3 is 1.77 bits per heavy atom. The summed E-state index contributed by atoms with van der Waals surface area (Å²) in [6.45, 7) is 0. The van der Waals surface area contributed by atoms with E-state index in [-0.39, 0.29) is 0 Å². The third-order valence-electron chi connectivity index (χ3n) is 9.11. The second-order valence-corrected chi connectivity index (χ2v) is 12.9. The minimum Gasteiger partial charge on any atom is -0.306 e. The molecule has 0 atom stereocenters. The van der Waals surface area contributed by atoms with Gasteiger partial charge >= 0.3 is 0 Å². The van der Waals surface area contributed by atoms with Crippen molar-refractivity contribution in [1.82, 2.24) is 24.5 Å². The largest absolute Gasteiger partial charge is 0.306 e. The van der Waals surface area contributed by atoms with E-state index in [0.29, 0.717) is 17.5 Å². The lowest BCUT2D eigenvalue weighted by molar-refractivity contribution is 1.07. The Labute approximate surface area is 279 Å². The molecule has 0 aliphatic rings. The Balaban J connectivity index is 1.28. The third kappa shape index (κ3) is 4.10. The Hall–Kier alpha value is -6.24. The second-order valence-electron chi connectivity index (χ2n) is 11.9. The van der Waals surface area contributed by atoms with Crippen LogP contribution in [0.4, 0.5) is 0 Å². The van der Waals surface area contributed by atoms with E-state index in [1.165, 1.54) is 47.2 Å². The van der Waals surface area contributed by atoms with Gasteiger partial charge in [-0.1, -0.05) is 115 Å². The predicted octanol–water partition coefficient (Wildman–Crippen LogP) is 10.9. The summed E-state index contributed by atoms with van der Waals surface area (Å²) in [6.07, 6.45) is 3.88. The molecule has 0 amide bonds. The first-order chi connectivity index (χ1) is 23.8. The number of nitrogens with zero attached hydrogens (tertiary/aromatic N) is 5. The fourth-order valence-electron chi connectivity index (χ4n) is 7.01. The van der Waals surface area contributed by atoms with Gasteiger partial charge in [-0.3, -0.25) is 4.98 Å². The van der Waals surface area contributed by atoms with E-state index in [1.807, 2.05) is 84.4 Å². The van der Waals surface area contributed by atoms with Gasteiger partial charge in [0.05, 0.1) is 21.9 Å². The molecule has 0 saturated carbocycles. The van der Waals surface area contributed by atoms with E-state index in [4.69, 9.17) is 15.0 Å². The third-order valence-corrected chi connectivity index (χ3v) is 10.3. The average molecular weight is 632 g/mol. The van der Waals surface area contributed by atoms with Gasteiger partial charge in [0.1, 0.15) is 0 Å². The Morgan fingerprint density at radius 1 is 0.479 bits per heavy atom. The average Bonchev–Trinajstić information content (AvgIpc) is 3.73. The molecular weight excluding hydrogens is 607 g/mol. The van der Waals surface area contributed by atoms with Crippen molar-refractivity contribution < 1.29 is 0 Å². The summed E-state index contributed by atoms with van der Waals surface area (Å²) in [7, 11) is 0. The number of rotatable bonds is 4. The molecule has 5 nitrogen and oxygen atoms in total. The standard InChI is InChI=1S/C42H25N5S/c1-3-12-26(13-4-1)40-44-41(27-14-5-2-6-15-27)46-42(45-40)28-16-11-17-29(24-28)47-34-25-43-23-22-32(34)36-30-18-7-8-19-31(30)37-33-20-9-10-21-35(33)48-39(37)38(36)47/h1-25H. The van der Waals surface area contributed by atoms with E-state index in [1.54, 1.807) is 0 Å². The van der Waals surface area contributed by atoms with Crippen molar-refractivity contribution >= 4 is 64.1 Å². The lowest BCUT2D eigenvalue weighted by Crippen LogP contribution is -2.01. The molecule has 0 bridgehead atoms. The summed E-state index contributed by atoms with van der Waals surface area (Å²) in [6, 6.07) is 48.4. The van der Waals surface area contributed by atoms with Crippen LogP contribution < -0.4 is 0 Å². The fourth-order valence-corrected chi connectivity index (χ4v) is 8.27. The molecule has 0 saturated heterocycles. The summed E-state index contributed by atoms with van der Waals surface area (Å²) < 4.78 is 4.92. The molecule has 0 unspecified atom stereocenters. The van der Waals surface area contributed by atoms with Crippen molar-refractivity contribution in [1.29, 1.82) is 0 Å². The number of hydrogen-bond acceptors (Lipinski definition) is 5. The van der Waals surface area contributed by atoms with E-state index in [0.717, 1.165) is 27.9 Å². The van der Waals surface area contributed by atoms with Gasteiger partial charge in [0.2, 0.25) is 0 Å². The zero-order chi connectivity index (χ0) is 31.6. The summed E-state index contributed by atoms with van der Waals surface area (Å²) in [5, 5.41) is 7.51. The Morgan fingerprint density at radius 2 is 1.06 bits per heavy atom. The summed E-state index contributed by atoms with van der Waals surface area (Å²) in [5.74, 6) is 1.91. The van der Waals surface area contributed by atoms with Crippen molar-refractivity contribution in [3.8, 4) is 39.9 Å². The maximum atomic E-state index is 5.02. The summed E-state index contributed by atoms with van der Waals surface area (Å²) in [4.78, 5) is 19.6. The van der Waals surface area contributed by atoms with Gasteiger partial charge in [-0.2, -0.15) is 0 Å². The first-order valence-corrected chi connectivity index (χ1v) is 16.7. The highest BCUT2D eigenvalue weighted by Gasteiger charge is 2.22. The van der Waals surface area contributed by atoms with Gasteiger partial charge in [-0.25, -0.2) is 15.0 Å². The molecule has 224 valence electrons. The number of aromatic nitrogens is 5. The lowest BCUT2D eigenvalue weighted by atomic mass is 9.99. The van der Waals surface area contributed by atoms with Crippen LogP contribution >= 0.6 is 11.3 Å². The lowest BCUT2D eigenvalue weighted by Gasteiger charge is -2.12. The molecular formula is C42H25N5S. The molecule has 6 heteroatoms. The maximum Gasteiger partial charge on any atom is 0.164 e. The van der Waals surface area contributed by atoms with Crippen molar-refractivity contribution in [3.63, 3.8) is 0 Å². The molecule has 48 heavy (non-hydrogen) atoms. The van der Waals surface area contributed by atoms with Gasteiger partial charge in [-0.05, 0) is 35.0 Å². The van der Waals surface area contributed by atoms with Crippen LogP contribution in [0.5, 0.6) is 0 Å². The molecule has 0 aliphatic heterocycles. The molecule has 0 N–H and O–H groups in total. The quantitative estimate of drug-likeness (QED) is 0.194. The van der Waals surface area contributed by atoms with Gasteiger partial charge in [0, 0.05) is 54.8 Å². The summed E-state index contributed by atoms with van der Waals surface area (Å²) in [5.41, 5.74) is 6.08. The minimum absolute atomic E-state index is 0.626. The molecule has 0 fully saturated rings. The molecule has 10 rings (SSSR count). The van der Waals surface area contributed by atoms with Crippen LogP contribution in [0, 0.1) is 0 Å². The first kappa shape index (κ1) is 26.9. The van der Waals surface area contributed by atoms with Gasteiger partial charge in [-0.15, -0.1) is 11.3 Å². The predicted molar refractivity (Wildman–Crippen MR) is 199 cm³/mol. The van der Waals surface area contributed by atoms with Crippen molar-refractivity contribution in [2.24, 2.45) is 0 Å². The van der Waals surface area contributed by atoms with E-state index in [9.17, 15) is 0 Å². The number of hydrogen-bond donors (Lipinski definition) is 0. The fraction of sp³-hybridized carbons (Fsp3) is 0. The molecule has 6 aromatic carbocycles. The maximum absolute atomic E-state index is 5.02. The Kier molecular flexibility index (Phi) is 5.98. The molecule has 0 aliphatic carbocycles. The number of pyridine rings is 1. The van der Waals surface area contributed by atoms with Crippen LogP contribution in [0.25, 0.3) is 92.6 Å². The van der Waals surface area contributed by atoms with Gasteiger partial charge < -0.3 is 4.57 Å². The highest BCUT2D eigenvalue weighted by molar-refractivity contribution is 7.27. The van der Waals surface area contributed by atoms with Crippen LogP contribution in [-0.2, 0) is 0 Å². The van der Waals surface area contributed by atoms with Crippen LogP contribution in [0.1, 0.15) is 0 Å². The van der Waals surface area contributed by atoms with Crippen molar-refractivity contribution in [2.45, 2.75) is 0 Å². The van der Waals surface area contributed by atoms with Crippen LogP contribution in [0.15, 0.2) is 152 Å². The van der Waals surface area contributed by atoms with Crippen molar-refractivity contribution in [2.75, 3.05) is 0 Å². The highest BCUT2D eigenvalue weighted by Crippen LogP contribution is 2.47. The van der Waals surface area contributed by atoms with Gasteiger partial charge in [0.25, 0.3) is 0 Å². The first-order valence-electron chi connectivity index (χ1n) is 15.9. The number of thiophene rings is 1. The monoisotopic (exact) mass is 631 g/mol. The van der Waals surface area contributed by atoms with E-state index >= 15 is 0 Å². The van der Waals surface area contributed by atoms with Crippen LogP contribution in [0.2, 0.25) is 0 Å². The van der Waals surface area contributed by atoms with Crippen LogP contribution in [-0.4, -0.2) is 24.5 Å². The highest BCUT2D eigenvalue weighted by atomic mass is 32.1. The SMILES string of the molecule is c1ccc(-c2nc(-c3ccccc3)nc(-c3cccc(-n4c5cnccc5c5c6ccccc6c6c7ccccc7sc6c54)c3)n2)cc1. The van der Waals surface area contributed by atoms with Crippen molar-refractivity contribution in [3.05, 3.63) is 152 Å². The number of benzene rings is 6. The van der Waals surface area contributed by atoms with E-state index in [2.05, 4.69) is 88.4 Å². The van der Waals surface area contributed by atoms with E-state index < -0.39 is 0 Å². The second kappa shape index (κ2) is 10.7.